The minimum Gasteiger partial charge on any atom is -0.493 e. The zero-order valence-electron chi connectivity index (χ0n) is 20.8. The van der Waals surface area contributed by atoms with Gasteiger partial charge in [-0.15, -0.1) is 0 Å². The van der Waals surface area contributed by atoms with Gasteiger partial charge in [0.25, 0.3) is 5.91 Å². The summed E-state index contributed by atoms with van der Waals surface area (Å²) in [6, 6.07) is 16.1. The summed E-state index contributed by atoms with van der Waals surface area (Å²) in [6.45, 7) is 6.47. The van der Waals surface area contributed by atoms with Crippen molar-refractivity contribution < 1.29 is 28.6 Å². The average molecular weight is 512 g/mol. The number of benzene rings is 3. The van der Waals surface area contributed by atoms with E-state index in [1.54, 1.807) is 59.1 Å². The molecular weight excluding hydrogens is 481 g/mol. The highest BCUT2D eigenvalue weighted by atomic mass is 32.2. The van der Waals surface area contributed by atoms with Gasteiger partial charge in [0.1, 0.15) is 11.6 Å². The van der Waals surface area contributed by atoms with E-state index in [4.69, 9.17) is 14.6 Å². The van der Waals surface area contributed by atoms with E-state index < -0.39 is 5.97 Å². The molecule has 0 aliphatic rings. The van der Waals surface area contributed by atoms with Crippen molar-refractivity contribution in [3.63, 3.8) is 0 Å². The van der Waals surface area contributed by atoms with Gasteiger partial charge in [-0.1, -0.05) is 19.9 Å². The van der Waals surface area contributed by atoms with Crippen molar-refractivity contribution >= 4 is 29.3 Å². The molecule has 8 heteroatoms. The van der Waals surface area contributed by atoms with Crippen molar-refractivity contribution in [2.24, 2.45) is 0 Å². The largest absolute Gasteiger partial charge is 0.493 e. The number of halogens is 1. The van der Waals surface area contributed by atoms with Crippen LogP contribution in [0.15, 0.2) is 60.7 Å². The fraction of sp³-hybridized carbons (Fsp3) is 0.286. The fourth-order valence-corrected chi connectivity index (χ4v) is 4.34. The van der Waals surface area contributed by atoms with Crippen LogP contribution in [0, 0.1) is 5.82 Å². The van der Waals surface area contributed by atoms with Crippen LogP contribution >= 0.6 is 11.8 Å². The first-order valence-corrected chi connectivity index (χ1v) is 12.6. The zero-order valence-corrected chi connectivity index (χ0v) is 21.6. The molecule has 6 nitrogen and oxygen atoms in total. The summed E-state index contributed by atoms with van der Waals surface area (Å²) in [5, 5.41) is 9.51. The van der Waals surface area contributed by atoms with Gasteiger partial charge in [0, 0.05) is 29.1 Å². The number of thioether (sulfide) groups is 1. The number of rotatable bonds is 11. The molecule has 0 atom stereocenters. The van der Waals surface area contributed by atoms with Gasteiger partial charge in [0.2, 0.25) is 0 Å². The quantitative estimate of drug-likeness (QED) is 0.314. The Bertz CT molecular complexity index is 1210. The van der Waals surface area contributed by atoms with Gasteiger partial charge in [-0.2, -0.15) is 11.8 Å². The Balaban J connectivity index is 1.97. The summed E-state index contributed by atoms with van der Waals surface area (Å²) < 4.78 is 25.0. The number of carbonyl (C=O) groups is 2. The molecule has 0 fully saturated rings. The third-order valence-electron chi connectivity index (χ3n) is 5.38. The third kappa shape index (κ3) is 7.01. The zero-order chi connectivity index (χ0) is 26.2. The summed E-state index contributed by atoms with van der Waals surface area (Å²) >= 11 is 1.71. The maximum Gasteiger partial charge on any atom is 0.307 e. The molecular formula is C28H30FNO5S. The first-order chi connectivity index (χ1) is 17.2. The molecule has 1 N–H and O–H groups in total. The third-order valence-corrected chi connectivity index (χ3v) is 6.53. The second kappa shape index (κ2) is 12.4. The number of amides is 1. The van der Waals surface area contributed by atoms with E-state index in [0.29, 0.717) is 51.6 Å². The lowest BCUT2D eigenvalue weighted by atomic mass is 10.1. The van der Waals surface area contributed by atoms with Gasteiger partial charge in [-0.25, -0.2) is 4.39 Å². The minimum absolute atomic E-state index is 0.139. The monoisotopic (exact) mass is 511 g/mol. The fourth-order valence-electron chi connectivity index (χ4n) is 3.61. The Kier molecular flexibility index (Phi) is 9.36. The normalized spacial score (nSPS) is 10.8. The average Bonchev–Trinajstić information content (AvgIpc) is 2.84. The number of nitrogens with zero attached hydrogens (tertiary/aromatic N) is 1. The molecule has 190 valence electrons. The molecule has 0 saturated carbocycles. The highest BCUT2D eigenvalue weighted by molar-refractivity contribution is 7.99. The number of ether oxygens (including phenoxy) is 2. The van der Waals surface area contributed by atoms with Crippen LogP contribution in [-0.4, -0.2) is 35.9 Å². The highest BCUT2D eigenvalue weighted by Gasteiger charge is 2.19. The lowest BCUT2D eigenvalue weighted by Gasteiger charge is -2.22. The van der Waals surface area contributed by atoms with Crippen molar-refractivity contribution in [3.8, 4) is 17.2 Å². The molecule has 0 aliphatic heterocycles. The van der Waals surface area contributed by atoms with Crippen molar-refractivity contribution in [3.05, 3.63) is 83.2 Å². The van der Waals surface area contributed by atoms with Gasteiger partial charge in [0.15, 0.2) is 11.5 Å². The van der Waals surface area contributed by atoms with Crippen molar-refractivity contribution in [1.29, 1.82) is 0 Å². The number of aliphatic carboxylic acids is 1. The van der Waals surface area contributed by atoms with Gasteiger partial charge in [-0.05, 0) is 72.3 Å². The van der Waals surface area contributed by atoms with Crippen LogP contribution in [0.3, 0.4) is 0 Å². The molecule has 0 unspecified atom stereocenters. The SMILES string of the molecule is CCN(C(=O)c1ccc(Oc2cc(CC(=O)O)ccc2OC)c(CSC(C)C)c1)c1ccc(F)cc1. The van der Waals surface area contributed by atoms with Gasteiger partial charge >= 0.3 is 5.97 Å². The maximum absolute atomic E-state index is 13.4. The topological polar surface area (TPSA) is 76.1 Å². The molecule has 3 aromatic rings. The number of methoxy groups -OCH3 is 1. The number of carbonyl (C=O) groups excluding carboxylic acids is 1. The van der Waals surface area contributed by atoms with Crippen LogP contribution in [0.2, 0.25) is 0 Å². The van der Waals surface area contributed by atoms with Crippen LogP contribution in [0.4, 0.5) is 10.1 Å². The van der Waals surface area contributed by atoms with E-state index in [1.165, 1.54) is 19.2 Å². The van der Waals surface area contributed by atoms with Crippen molar-refractivity contribution in [1.82, 2.24) is 0 Å². The molecule has 3 rings (SSSR count). The lowest BCUT2D eigenvalue weighted by molar-refractivity contribution is -0.136. The number of hydrogen-bond donors (Lipinski definition) is 1. The van der Waals surface area contributed by atoms with Crippen LogP contribution in [0.5, 0.6) is 17.2 Å². The lowest BCUT2D eigenvalue weighted by Crippen LogP contribution is -2.30. The predicted molar refractivity (Wildman–Crippen MR) is 141 cm³/mol. The molecule has 0 radical (unpaired) electrons. The number of carboxylic acid groups (broad SMARTS) is 1. The summed E-state index contributed by atoms with van der Waals surface area (Å²) in [5.74, 6) is 0.522. The van der Waals surface area contributed by atoms with E-state index in [1.807, 2.05) is 13.0 Å². The molecule has 1 amide bonds. The van der Waals surface area contributed by atoms with E-state index in [9.17, 15) is 14.0 Å². The van der Waals surface area contributed by atoms with Crippen LogP contribution < -0.4 is 14.4 Å². The number of hydrogen-bond acceptors (Lipinski definition) is 5. The van der Waals surface area contributed by atoms with Crippen LogP contribution in [0.1, 0.15) is 42.3 Å². The standard InChI is InChI=1S/C28H30FNO5S/c1-5-30(23-10-8-22(29)9-11-23)28(33)20-7-13-24(21(16-20)17-36-18(2)3)35-26-14-19(15-27(31)32)6-12-25(26)34-4/h6-14,16,18H,5,15,17H2,1-4H3,(H,31,32). The van der Waals surface area contributed by atoms with E-state index >= 15 is 0 Å². The summed E-state index contributed by atoms with van der Waals surface area (Å²) in [5.41, 5.74) is 2.50. The smallest absolute Gasteiger partial charge is 0.307 e. The molecule has 0 saturated heterocycles. The number of carboxylic acids is 1. The first-order valence-electron chi connectivity index (χ1n) is 11.6. The van der Waals surface area contributed by atoms with Crippen molar-refractivity contribution in [2.45, 2.75) is 38.2 Å². The van der Waals surface area contributed by atoms with Crippen LogP contribution in [0.25, 0.3) is 0 Å². The van der Waals surface area contributed by atoms with Crippen molar-refractivity contribution in [2.75, 3.05) is 18.6 Å². The molecule has 0 heterocycles. The summed E-state index contributed by atoms with van der Waals surface area (Å²) in [4.78, 5) is 26.1. The number of anilines is 1. The van der Waals surface area contributed by atoms with E-state index in [0.717, 1.165) is 5.56 Å². The Labute approximate surface area is 215 Å². The van der Waals surface area contributed by atoms with E-state index in [-0.39, 0.29) is 18.1 Å². The highest BCUT2D eigenvalue weighted by Crippen LogP contribution is 2.36. The molecule has 0 spiro atoms. The molecule has 0 aliphatic carbocycles. The van der Waals surface area contributed by atoms with Gasteiger partial charge < -0.3 is 19.5 Å². The predicted octanol–water partition coefficient (Wildman–Crippen LogP) is 6.56. The molecule has 3 aromatic carbocycles. The van der Waals surface area contributed by atoms with E-state index in [2.05, 4.69) is 13.8 Å². The second-order valence-electron chi connectivity index (χ2n) is 8.37. The molecule has 36 heavy (non-hydrogen) atoms. The Morgan fingerprint density at radius 1 is 1.00 bits per heavy atom. The minimum atomic E-state index is -0.940. The maximum atomic E-state index is 13.4. The van der Waals surface area contributed by atoms with Gasteiger partial charge in [0.05, 0.1) is 13.5 Å². The molecule has 0 bridgehead atoms. The summed E-state index contributed by atoms with van der Waals surface area (Å²) in [6.07, 6.45) is -0.139. The second-order valence-corrected chi connectivity index (χ2v) is 9.93. The van der Waals surface area contributed by atoms with Gasteiger partial charge in [-0.3, -0.25) is 9.59 Å². The van der Waals surface area contributed by atoms with Crippen LogP contribution in [-0.2, 0) is 17.0 Å². The Morgan fingerprint density at radius 2 is 1.69 bits per heavy atom. The molecule has 0 aromatic heterocycles. The Hall–Kier alpha value is -3.52. The Morgan fingerprint density at radius 3 is 2.31 bits per heavy atom. The first kappa shape index (κ1) is 27.1. The summed E-state index contributed by atoms with van der Waals surface area (Å²) in [7, 11) is 1.52.